The molecule has 0 aliphatic heterocycles. The molecule has 0 rings (SSSR count). The predicted octanol–water partition coefficient (Wildman–Crippen LogP) is -0.776. The molecule has 0 aliphatic rings. The highest BCUT2D eigenvalue weighted by Crippen LogP contribution is 1.99. The van der Waals surface area contributed by atoms with Crippen LogP contribution in [0.15, 0.2) is 0 Å². The maximum absolute atomic E-state index is 11.5. The van der Waals surface area contributed by atoms with Crippen LogP contribution in [-0.2, 0) is 28.6 Å². The molecule has 0 heterocycles. The number of hydrogen-bond donors (Lipinski definition) is 2. The summed E-state index contributed by atoms with van der Waals surface area (Å²) in [6.07, 6.45) is 0.702. The van der Waals surface area contributed by atoms with Crippen molar-refractivity contribution in [3.8, 4) is 0 Å². The van der Waals surface area contributed by atoms with E-state index < -0.39 is 12.0 Å². The minimum absolute atomic E-state index is 0.111. The molecular formula is C13H24N2O6. The van der Waals surface area contributed by atoms with Gasteiger partial charge in [-0.25, -0.2) is 4.79 Å². The van der Waals surface area contributed by atoms with Gasteiger partial charge >= 0.3 is 5.97 Å². The molecule has 0 bridgehead atoms. The molecule has 2 amide bonds. The van der Waals surface area contributed by atoms with E-state index in [-0.39, 0.29) is 18.7 Å². The topological polar surface area (TPSA) is 103 Å². The highest BCUT2D eigenvalue weighted by atomic mass is 16.5. The van der Waals surface area contributed by atoms with Crippen LogP contribution in [-0.4, -0.2) is 64.4 Å². The fraction of sp³-hybridized carbons (Fsp3) is 0.769. The second kappa shape index (κ2) is 13.3. The Hall–Kier alpha value is -1.67. The summed E-state index contributed by atoms with van der Waals surface area (Å²) in [6.45, 7) is 4.35. The van der Waals surface area contributed by atoms with Gasteiger partial charge in [0, 0.05) is 19.6 Å². The summed E-state index contributed by atoms with van der Waals surface area (Å²) in [4.78, 5) is 33.2. The molecule has 2 N–H and O–H groups in total. The third kappa shape index (κ3) is 10.7. The number of nitrogens with one attached hydrogen (secondary N) is 2. The SMILES string of the molecule is CCOCCOCCNC(=O)CCC(NC=O)C(=O)OC. The molecule has 0 fully saturated rings. The Morgan fingerprint density at radius 1 is 1.19 bits per heavy atom. The first-order chi connectivity index (χ1) is 10.2. The van der Waals surface area contributed by atoms with Gasteiger partial charge in [-0.3, -0.25) is 9.59 Å². The second-order valence-electron chi connectivity index (χ2n) is 4.06. The number of carbonyl (C=O) groups is 3. The predicted molar refractivity (Wildman–Crippen MR) is 74.6 cm³/mol. The summed E-state index contributed by atoms with van der Waals surface area (Å²) in [6, 6.07) is -0.805. The molecule has 21 heavy (non-hydrogen) atoms. The van der Waals surface area contributed by atoms with Crippen molar-refractivity contribution in [3.63, 3.8) is 0 Å². The maximum atomic E-state index is 11.5. The van der Waals surface area contributed by atoms with Gasteiger partial charge in [-0.15, -0.1) is 0 Å². The van der Waals surface area contributed by atoms with Gasteiger partial charge in [0.05, 0.1) is 26.9 Å². The fourth-order valence-corrected chi connectivity index (χ4v) is 1.48. The lowest BCUT2D eigenvalue weighted by molar-refractivity contribution is -0.144. The van der Waals surface area contributed by atoms with Gasteiger partial charge in [-0.2, -0.15) is 0 Å². The number of methoxy groups -OCH3 is 1. The molecule has 0 spiro atoms. The molecule has 0 radical (unpaired) electrons. The summed E-state index contributed by atoms with van der Waals surface area (Å²) in [5, 5.41) is 4.97. The Kier molecular flexibility index (Phi) is 12.3. The van der Waals surface area contributed by atoms with Crippen molar-refractivity contribution in [2.24, 2.45) is 0 Å². The van der Waals surface area contributed by atoms with Crippen molar-refractivity contribution in [1.82, 2.24) is 10.6 Å². The minimum Gasteiger partial charge on any atom is -0.467 e. The van der Waals surface area contributed by atoms with Crippen LogP contribution in [0.2, 0.25) is 0 Å². The first-order valence-corrected chi connectivity index (χ1v) is 6.85. The zero-order valence-corrected chi connectivity index (χ0v) is 12.6. The average molecular weight is 304 g/mol. The van der Waals surface area contributed by atoms with E-state index in [0.717, 1.165) is 0 Å². The van der Waals surface area contributed by atoms with Crippen LogP contribution < -0.4 is 10.6 Å². The summed E-state index contributed by atoms with van der Waals surface area (Å²) in [5.41, 5.74) is 0. The highest BCUT2D eigenvalue weighted by Gasteiger charge is 2.19. The quantitative estimate of drug-likeness (QED) is 0.263. The Morgan fingerprint density at radius 2 is 1.90 bits per heavy atom. The Labute approximate surface area is 124 Å². The summed E-state index contributed by atoms with van der Waals surface area (Å²) < 4.78 is 14.8. The standard InChI is InChI=1S/C13H24N2O6/c1-3-20-8-9-21-7-6-14-12(17)5-4-11(15-10-16)13(18)19-2/h10-11H,3-9H2,1-2H3,(H,14,17)(H,15,16). The lowest BCUT2D eigenvalue weighted by Crippen LogP contribution is -2.38. The van der Waals surface area contributed by atoms with Gasteiger partial charge in [-0.05, 0) is 13.3 Å². The minimum atomic E-state index is -0.805. The molecular weight excluding hydrogens is 280 g/mol. The van der Waals surface area contributed by atoms with Gasteiger partial charge in [0.2, 0.25) is 12.3 Å². The van der Waals surface area contributed by atoms with E-state index in [1.165, 1.54) is 7.11 Å². The summed E-state index contributed by atoms with van der Waals surface area (Å²) in [7, 11) is 1.22. The number of esters is 1. The van der Waals surface area contributed by atoms with Gasteiger partial charge in [-0.1, -0.05) is 0 Å². The van der Waals surface area contributed by atoms with E-state index in [1.807, 2.05) is 6.92 Å². The maximum Gasteiger partial charge on any atom is 0.328 e. The lowest BCUT2D eigenvalue weighted by Gasteiger charge is -2.13. The van der Waals surface area contributed by atoms with Gasteiger partial charge in [0.1, 0.15) is 6.04 Å². The van der Waals surface area contributed by atoms with E-state index in [1.54, 1.807) is 0 Å². The van der Waals surface area contributed by atoms with E-state index >= 15 is 0 Å². The monoisotopic (exact) mass is 304 g/mol. The fourth-order valence-electron chi connectivity index (χ4n) is 1.48. The largest absolute Gasteiger partial charge is 0.467 e. The molecule has 0 saturated carbocycles. The Balaban J connectivity index is 3.68. The normalized spacial score (nSPS) is 11.5. The van der Waals surface area contributed by atoms with Crippen LogP contribution in [0, 0.1) is 0 Å². The van der Waals surface area contributed by atoms with Crippen LogP contribution in [0.4, 0.5) is 0 Å². The molecule has 0 aromatic rings. The van der Waals surface area contributed by atoms with Crippen LogP contribution in [0.5, 0.6) is 0 Å². The highest BCUT2D eigenvalue weighted by molar-refractivity contribution is 5.80. The molecule has 0 saturated heterocycles. The number of hydrogen-bond acceptors (Lipinski definition) is 6. The van der Waals surface area contributed by atoms with Crippen molar-refractivity contribution in [2.45, 2.75) is 25.8 Å². The van der Waals surface area contributed by atoms with Gasteiger partial charge < -0.3 is 24.8 Å². The molecule has 8 heteroatoms. The summed E-state index contributed by atoms with van der Waals surface area (Å²) >= 11 is 0. The van der Waals surface area contributed by atoms with Crippen molar-refractivity contribution in [3.05, 3.63) is 0 Å². The molecule has 0 aliphatic carbocycles. The van der Waals surface area contributed by atoms with Crippen molar-refractivity contribution >= 4 is 18.3 Å². The molecule has 1 atom stereocenters. The lowest BCUT2D eigenvalue weighted by atomic mass is 10.1. The van der Waals surface area contributed by atoms with Crippen molar-refractivity contribution < 1.29 is 28.6 Å². The molecule has 8 nitrogen and oxygen atoms in total. The van der Waals surface area contributed by atoms with Crippen LogP contribution in [0.25, 0.3) is 0 Å². The van der Waals surface area contributed by atoms with Crippen molar-refractivity contribution in [1.29, 1.82) is 0 Å². The van der Waals surface area contributed by atoms with Crippen LogP contribution >= 0.6 is 0 Å². The molecule has 1 unspecified atom stereocenters. The second-order valence-corrected chi connectivity index (χ2v) is 4.06. The zero-order chi connectivity index (χ0) is 15.9. The number of ether oxygens (including phenoxy) is 3. The number of rotatable bonds is 13. The third-order valence-electron chi connectivity index (χ3n) is 2.56. The van der Waals surface area contributed by atoms with Crippen LogP contribution in [0.3, 0.4) is 0 Å². The van der Waals surface area contributed by atoms with Gasteiger partial charge in [0.25, 0.3) is 0 Å². The first-order valence-electron chi connectivity index (χ1n) is 6.85. The number of carbonyl (C=O) groups excluding carboxylic acids is 3. The average Bonchev–Trinajstić information content (AvgIpc) is 2.49. The summed E-state index contributed by atoms with van der Waals surface area (Å²) in [5.74, 6) is -0.792. The van der Waals surface area contributed by atoms with Crippen LogP contribution in [0.1, 0.15) is 19.8 Å². The molecule has 122 valence electrons. The van der Waals surface area contributed by atoms with Crippen molar-refractivity contribution in [2.75, 3.05) is 40.1 Å². The van der Waals surface area contributed by atoms with E-state index in [0.29, 0.717) is 39.4 Å². The molecule has 0 aromatic heterocycles. The van der Waals surface area contributed by atoms with E-state index in [9.17, 15) is 14.4 Å². The first kappa shape index (κ1) is 19.3. The van der Waals surface area contributed by atoms with E-state index in [4.69, 9.17) is 9.47 Å². The number of amides is 2. The zero-order valence-electron chi connectivity index (χ0n) is 12.6. The Bertz CT molecular complexity index is 311. The van der Waals surface area contributed by atoms with Gasteiger partial charge in [0.15, 0.2) is 0 Å². The van der Waals surface area contributed by atoms with E-state index in [2.05, 4.69) is 15.4 Å². The smallest absolute Gasteiger partial charge is 0.328 e. The molecule has 0 aromatic carbocycles. The third-order valence-corrected chi connectivity index (χ3v) is 2.56. The Morgan fingerprint density at radius 3 is 2.52 bits per heavy atom.